The molecule has 0 radical (unpaired) electrons. The molecule has 2 rings (SSSR count). The van der Waals surface area contributed by atoms with Gasteiger partial charge in [0.2, 0.25) is 0 Å². The molecule has 0 bridgehead atoms. The number of rotatable bonds is 4. The van der Waals surface area contributed by atoms with Crippen LogP contribution in [-0.2, 0) is 4.74 Å². The standard InChI is InChI=1S/C12H13ClN2O2/c13-10-3-9(4-14)1-2-11(10)15-5-12(6-16)7-17-8-12/h1-3,15-16H,5-8H2. The summed E-state index contributed by atoms with van der Waals surface area (Å²) in [7, 11) is 0. The lowest BCUT2D eigenvalue weighted by molar-refractivity contribution is -0.128. The zero-order valence-electron chi connectivity index (χ0n) is 9.24. The molecule has 0 saturated carbocycles. The summed E-state index contributed by atoms with van der Waals surface area (Å²) in [5.74, 6) is 0. The number of aliphatic hydroxyl groups excluding tert-OH is 1. The van der Waals surface area contributed by atoms with E-state index in [4.69, 9.17) is 21.6 Å². The maximum atomic E-state index is 9.27. The second-order valence-corrected chi connectivity index (χ2v) is 4.72. The smallest absolute Gasteiger partial charge is 0.0992 e. The van der Waals surface area contributed by atoms with E-state index < -0.39 is 0 Å². The number of nitriles is 1. The van der Waals surface area contributed by atoms with Crippen LogP contribution in [0.25, 0.3) is 0 Å². The molecule has 2 N–H and O–H groups in total. The Morgan fingerprint density at radius 1 is 1.53 bits per heavy atom. The highest BCUT2D eigenvalue weighted by Gasteiger charge is 2.37. The second-order valence-electron chi connectivity index (χ2n) is 4.31. The molecule has 1 aliphatic rings. The van der Waals surface area contributed by atoms with E-state index in [0.717, 1.165) is 5.69 Å². The van der Waals surface area contributed by atoms with Gasteiger partial charge in [0, 0.05) is 6.54 Å². The number of anilines is 1. The Hall–Kier alpha value is -1.28. The van der Waals surface area contributed by atoms with Crippen LogP contribution in [-0.4, -0.2) is 31.5 Å². The van der Waals surface area contributed by atoms with Crippen LogP contribution in [0.4, 0.5) is 5.69 Å². The minimum Gasteiger partial charge on any atom is -0.396 e. The van der Waals surface area contributed by atoms with Crippen molar-refractivity contribution in [3.8, 4) is 6.07 Å². The Labute approximate surface area is 105 Å². The first-order valence-electron chi connectivity index (χ1n) is 5.31. The maximum absolute atomic E-state index is 9.27. The fourth-order valence-corrected chi connectivity index (χ4v) is 1.90. The summed E-state index contributed by atoms with van der Waals surface area (Å²) >= 11 is 6.03. The number of hydrogen-bond donors (Lipinski definition) is 2. The average molecular weight is 253 g/mol. The monoisotopic (exact) mass is 252 g/mol. The molecule has 0 spiro atoms. The fraction of sp³-hybridized carbons (Fsp3) is 0.417. The molecule has 0 aliphatic carbocycles. The molecule has 1 aromatic carbocycles. The number of benzene rings is 1. The number of nitrogens with one attached hydrogen (secondary N) is 1. The Morgan fingerprint density at radius 3 is 2.76 bits per heavy atom. The van der Waals surface area contributed by atoms with Crippen molar-refractivity contribution in [2.75, 3.05) is 31.7 Å². The van der Waals surface area contributed by atoms with Gasteiger partial charge in [-0.2, -0.15) is 5.26 Å². The third-order valence-electron chi connectivity index (χ3n) is 2.90. The van der Waals surface area contributed by atoms with Gasteiger partial charge in [-0.05, 0) is 18.2 Å². The lowest BCUT2D eigenvalue weighted by atomic mass is 9.87. The van der Waals surface area contributed by atoms with Crippen LogP contribution in [0.15, 0.2) is 18.2 Å². The van der Waals surface area contributed by atoms with E-state index in [2.05, 4.69) is 5.32 Å². The van der Waals surface area contributed by atoms with Crippen LogP contribution < -0.4 is 5.32 Å². The SMILES string of the molecule is N#Cc1ccc(NCC2(CO)COC2)c(Cl)c1. The van der Waals surface area contributed by atoms with E-state index in [1.165, 1.54) is 0 Å². The van der Waals surface area contributed by atoms with Crippen LogP contribution >= 0.6 is 11.6 Å². The molecule has 5 heteroatoms. The van der Waals surface area contributed by atoms with Gasteiger partial charge >= 0.3 is 0 Å². The topological polar surface area (TPSA) is 65.3 Å². The van der Waals surface area contributed by atoms with Gasteiger partial charge in [-0.15, -0.1) is 0 Å². The number of halogens is 1. The average Bonchev–Trinajstić information content (AvgIpc) is 2.30. The molecule has 0 aromatic heterocycles. The second kappa shape index (κ2) is 4.92. The molecule has 90 valence electrons. The third kappa shape index (κ3) is 2.52. The fourth-order valence-electron chi connectivity index (χ4n) is 1.65. The number of aliphatic hydroxyl groups is 1. The molecule has 1 heterocycles. The highest BCUT2D eigenvalue weighted by molar-refractivity contribution is 6.33. The predicted octanol–water partition coefficient (Wildman–Crippen LogP) is 1.63. The summed E-state index contributed by atoms with van der Waals surface area (Å²) in [5, 5.41) is 21.7. The van der Waals surface area contributed by atoms with Gasteiger partial charge in [0.05, 0.1) is 47.6 Å². The Kier molecular flexibility index (Phi) is 3.53. The molecule has 1 aliphatic heterocycles. The van der Waals surface area contributed by atoms with Crippen molar-refractivity contribution in [1.82, 2.24) is 0 Å². The maximum Gasteiger partial charge on any atom is 0.0992 e. The van der Waals surface area contributed by atoms with Gasteiger partial charge in [-0.25, -0.2) is 0 Å². The molecule has 0 unspecified atom stereocenters. The summed E-state index contributed by atoms with van der Waals surface area (Å²) in [5.41, 5.74) is 1.10. The van der Waals surface area contributed by atoms with Gasteiger partial charge in [-0.1, -0.05) is 11.6 Å². The van der Waals surface area contributed by atoms with Crippen LogP contribution in [0, 0.1) is 16.7 Å². The quantitative estimate of drug-likeness (QED) is 0.855. The van der Waals surface area contributed by atoms with Crippen molar-refractivity contribution in [2.45, 2.75) is 0 Å². The minimum atomic E-state index is -0.197. The highest BCUT2D eigenvalue weighted by Crippen LogP contribution is 2.29. The Morgan fingerprint density at radius 2 is 2.29 bits per heavy atom. The van der Waals surface area contributed by atoms with Gasteiger partial charge in [0.15, 0.2) is 0 Å². The van der Waals surface area contributed by atoms with Crippen molar-refractivity contribution in [3.63, 3.8) is 0 Å². The van der Waals surface area contributed by atoms with E-state index in [1.807, 2.05) is 6.07 Å². The summed E-state index contributed by atoms with van der Waals surface area (Å²) < 4.78 is 5.11. The van der Waals surface area contributed by atoms with Gasteiger partial charge in [0.25, 0.3) is 0 Å². The number of nitrogens with zero attached hydrogens (tertiary/aromatic N) is 1. The molecule has 1 aromatic rings. The Bertz CT molecular complexity index is 447. The van der Waals surface area contributed by atoms with E-state index in [-0.39, 0.29) is 12.0 Å². The van der Waals surface area contributed by atoms with Gasteiger partial charge in [0.1, 0.15) is 0 Å². The first kappa shape index (κ1) is 12.2. The van der Waals surface area contributed by atoms with Crippen molar-refractivity contribution in [2.24, 2.45) is 5.41 Å². The first-order chi connectivity index (χ1) is 8.19. The normalized spacial score (nSPS) is 17.0. The first-order valence-corrected chi connectivity index (χ1v) is 5.69. The summed E-state index contributed by atoms with van der Waals surface area (Å²) in [6.45, 7) is 1.82. The van der Waals surface area contributed by atoms with Crippen molar-refractivity contribution in [1.29, 1.82) is 5.26 Å². The highest BCUT2D eigenvalue weighted by atomic mass is 35.5. The van der Waals surface area contributed by atoms with Gasteiger partial charge < -0.3 is 15.2 Å². The lowest BCUT2D eigenvalue weighted by Gasteiger charge is -2.40. The Balaban J connectivity index is 2.02. The van der Waals surface area contributed by atoms with E-state index in [9.17, 15) is 5.11 Å². The molecule has 1 saturated heterocycles. The largest absolute Gasteiger partial charge is 0.396 e. The molecule has 4 nitrogen and oxygen atoms in total. The molecular formula is C12H13ClN2O2. The lowest BCUT2D eigenvalue weighted by Crippen LogP contribution is -2.50. The van der Waals surface area contributed by atoms with Crippen LogP contribution in [0.1, 0.15) is 5.56 Å². The predicted molar refractivity (Wildman–Crippen MR) is 65.0 cm³/mol. The van der Waals surface area contributed by atoms with E-state index in [1.54, 1.807) is 18.2 Å². The third-order valence-corrected chi connectivity index (χ3v) is 3.22. The van der Waals surface area contributed by atoms with Crippen LogP contribution in [0.5, 0.6) is 0 Å². The van der Waals surface area contributed by atoms with Crippen molar-refractivity contribution < 1.29 is 9.84 Å². The molecule has 0 atom stereocenters. The molecule has 0 amide bonds. The summed E-state index contributed by atoms with van der Waals surface area (Å²) in [6.07, 6.45) is 0. The number of hydrogen-bond acceptors (Lipinski definition) is 4. The molecule has 17 heavy (non-hydrogen) atoms. The molecular weight excluding hydrogens is 240 g/mol. The summed E-state index contributed by atoms with van der Waals surface area (Å²) in [6, 6.07) is 7.12. The zero-order valence-corrected chi connectivity index (χ0v) is 10.00. The minimum absolute atomic E-state index is 0.0912. The molecule has 1 fully saturated rings. The zero-order chi connectivity index (χ0) is 12.3. The van der Waals surface area contributed by atoms with Crippen LogP contribution in [0.2, 0.25) is 5.02 Å². The van der Waals surface area contributed by atoms with Gasteiger partial charge in [-0.3, -0.25) is 0 Å². The van der Waals surface area contributed by atoms with E-state index >= 15 is 0 Å². The van der Waals surface area contributed by atoms with Crippen molar-refractivity contribution in [3.05, 3.63) is 28.8 Å². The summed E-state index contributed by atoms with van der Waals surface area (Å²) in [4.78, 5) is 0. The van der Waals surface area contributed by atoms with Crippen molar-refractivity contribution >= 4 is 17.3 Å². The number of ether oxygens (including phenoxy) is 1. The van der Waals surface area contributed by atoms with E-state index in [0.29, 0.717) is 30.3 Å². The van der Waals surface area contributed by atoms with Crippen LogP contribution in [0.3, 0.4) is 0 Å².